The Labute approximate surface area is 149 Å². The van der Waals surface area contributed by atoms with Crippen LogP contribution in [-0.4, -0.2) is 30.1 Å². The van der Waals surface area contributed by atoms with E-state index in [0.717, 1.165) is 12.1 Å². The van der Waals surface area contributed by atoms with E-state index in [4.69, 9.17) is 27.9 Å². The van der Waals surface area contributed by atoms with Gasteiger partial charge in [0.25, 0.3) is 5.91 Å². The number of fused-ring (bicyclic) bond motifs is 1. The molecule has 1 aromatic carbocycles. The van der Waals surface area contributed by atoms with Gasteiger partial charge in [0.1, 0.15) is 5.52 Å². The molecule has 3 amide bonds. The molecule has 0 fully saturated rings. The molecule has 0 radical (unpaired) electrons. The Morgan fingerprint density at radius 1 is 1.25 bits per heavy atom. The maximum Gasteiger partial charge on any atom is 0.321 e. The first-order chi connectivity index (χ1) is 11.4. The summed E-state index contributed by atoms with van der Waals surface area (Å²) in [6.07, 6.45) is 0.773. The molecule has 0 atom stereocenters. The van der Waals surface area contributed by atoms with Crippen molar-refractivity contribution in [1.82, 2.24) is 15.6 Å². The predicted octanol–water partition coefficient (Wildman–Crippen LogP) is 3.46. The molecule has 6 nitrogen and oxygen atoms in total. The van der Waals surface area contributed by atoms with E-state index in [1.54, 1.807) is 6.07 Å². The van der Waals surface area contributed by atoms with Crippen molar-refractivity contribution in [3.05, 3.63) is 33.9 Å². The quantitative estimate of drug-likeness (QED) is 0.845. The number of urea groups is 1. The summed E-state index contributed by atoms with van der Waals surface area (Å²) in [5.74, 6) is -0.334. The van der Waals surface area contributed by atoms with Gasteiger partial charge in [-0.3, -0.25) is 10.1 Å². The molecule has 128 valence electrons. The Morgan fingerprint density at radius 3 is 2.71 bits per heavy atom. The number of rotatable bonds is 5. The zero-order valence-corrected chi connectivity index (χ0v) is 14.8. The van der Waals surface area contributed by atoms with Crippen LogP contribution in [-0.2, 0) is 4.79 Å². The van der Waals surface area contributed by atoms with Crippen molar-refractivity contribution in [2.75, 3.05) is 13.2 Å². The number of pyridine rings is 1. The zero-order valence-electron chi connectivity index (χ0n) is 13.3. The lowest BCUT2D eigenvalue weighted by atomic mass is 10.2. The second-order valence-corrected chi connectivity index (χ2v) is 5.93. The average Bonchev–Trinajstić information content (AvgIpc) is 2.52. The third kappa shape index (κ3) is 4.49. The van der Waals surface area contributed by atoms with Crippen LogP contribution in [0.2, 0.25) is 10.0 Å². The molecule has 0 saturated carbocycles. The van der Waals surface area contributed by atoms with E-state index in [1.165, 1.54) is 6.07 Å². The minimum atomic E-state index is -0.588. The maximum atomic E-state index is 11.8. The van der Waals surface area contributed by atoms with Crippen LogP contribution < -0.4 is 15.4 Å². The number of imide groups is 1. The largest absolute Gasteiger partial charge is 0.480 e. The lowest BCUT2D eigenvalue weighted by molar-refractivity contribution is -0.121. The van der Waals surface area contributed by atoms with Crippen molar-refractivity contribution < 1.29 is 14.3 Å². The molecular weight excluding hydrogens is 353 g/mol. The van der Waals surface area contributed by atoms with Gasteiger partial charge in [0.2, 0.25) is 0 Å². The van der Waals surface area contributed by atoms with Gasteiger partial charge >= 0.3 is 6.03 Å². The summed E-state index contributed by atoms with van der Waals surface area (Å²) in [4.78, 5) is 27.6. The normalized spacial score (nSPS) is 10.5. The summed E-state index contributed by atoms with van der Waals surface area (Å²) in [5, 5.41) is 6.06. The predicted molar refractivity (Wildman–Crippen MR) is 93.8 cm³/mol. The summed E-state index contributed by atoms with van der Waals surface area (Å²) < 4.78 is 5.48. The molecule has 8 heteroatoms. The van der Waals surface area contributed by atoms with E-state index in [2.05, 4.69) is 15.6 Å². The van der Waals surface area contributed by atoms with Gasteiger partial charge < -0.3 is 10.1 Å². The molecule has 0 bridgehead atoms. The van der Waals surface area contributed by atoms with Crippen LogP contribution in [0.4, 0.5) is 4.79 Å². The molecule has 0 aliphatic rings. The Morgan fingerprint density at radius 2 is 2.00 bits per heavy atom. The summed E-state index contributed by atoms with van der Waals surface area (Å²) in [6, 6.07) is 4.59. The lowest BCUT2D eigenvalue weighted by Gasteiger charge is -2.12. The number of carbonyl (C=O) groups is 2. The second-order valence-electron chi connectivity index (χ2n) is 5.11. The molecule has 0 unspecified atom stereocenters. The number of aryl methyl sites for hydroxylation is 1. The molecule has 2 rings (SSSR count). The number of nitrogens with one attached hydrogen (secondary N) is 2. The van der Waals surface area contributed by atoms with Gasteiger partial charge in [-0.05, 0) is 31.5 Å². The topological polar surface area (TPSA) is 80.3 Å². The van der Waals surface area contributed by atoms with Crippen LogP contribution in [0.5, 0.6) is 5.75 Å². The number of ether oxygens (including phenoxy) is 1. The number of nitrogens with zero attached hydrogens (tertiary/aromatic N) is 1. The van der Waals surface area contributed by atoms with Crippen molar-refractivity contribution >= 4 is 46.0 Å². The van der Waals surface area contributed by atoms with E-state index in [1.807, 2.05) is 19.9 Å². The van der Waals surface area contributed by atoms with Crippen LogP contribution >= 0.6 is 23.2 Å². The third-order valence-corrected chi connectivity index (χ3v) is 3.71. The monoisotopic (exact) mass is 369 g/mol. The van der Waals surface area contributed by atoms with Crippen LogP contribution in [0.3, 0.4) is 0 Å². The molecule has 2 aromatic rings. The average molecular weight is 370 g/mol. The summed E-state index contributed by atoms with van der Waals surface area (Å²) in [6.45, 7) is 3.85. The van der Waals surface area contributed by atoms with Gasteiger partial charge in [0.05, 0.1) is 10.0 Å². The Balaban J connectivity index is 2.14. The zero-order chi connectivity index (χ0) is 17.7. The minimum absolute atomic E-state index is 0.244. The standard InChI is InChI=1S/C16H17Cl2N3O3/c1-3-6-19-16(23)21-13(22)8-24-15-12(18)7-11(17)10-5-4-9(2)20-14(10)15/h4-5,7H,3,6,8H2,1-2H3,(H2,19,21,22,23). The molecule has 24 heavy (non-hydrogen) atoms. The van der Waals surface area contributed by atoms with Gasteiger partial charge in [0, 0.05) is 17.6 Å². The summed E-state index contributed by atoms with van der Waals surface area (Å²) in [5.41, 5.74) is 1.23. The molecule has 0 aliphatic heterocycles. The van der Waals surface area contributed by atoms with Crippen molar-refractivity contribution in [2.45, 2.75) is 20.3 Å². The van der Waals surface area contributed by atoms with Gasteiger partial charge in [-0.2, -0.15) is 0 Å². The molecule has 0 saturated heterocycles. The molecular formula is C16H17Cl2N3O3. The number of aromatic nitrogens is 1. The van der Waals surface area contributed by atoms with E-state index in [0.29, 0.717) is 22.5 Å². The van der Waals surface area contributed by atoms with Crippen LogP contribution in [0, 0.1) is 6.92 Å². The number of hydrogen-bond donors (Lipinski definition) is 2. The molecule has 1 heterocycles. The van der Waals surface area contributed by atoms with Crippen molar-refractivity contribution in [2.24, 2.45) is 0 Å². The smallest absolute Gasteiger partial charge is 0.321 e. The van der Waals surface area contributed by atoms with E-state index >= 15 is 0 Å². The van der Waals surface area contributed by atoms with E-state index in [9.17, 15) is 9.59 Å². The highest BCUT2D eigenvalue weighted by Crippen LogP contribution is 2.37. The molecule has 0 spiro atoms. The molecule has 2 N–H and O–H groups in total. The Hall–Kier alpha value is -2.05. The van der Waals surface area contributed by atoms with Crippen molar-refractivity contribution in [3.8, 4) is 5.75 Å². The summed E-state index contributed by atoms with van der Waals surface area (Å²) >= 11 is 12.3. The van der Waals surface area contributed by atoms with Gasteiger partial charge in [-0.15, -0.1) is 0 Å². The summed E-state index contributed by atoms with van der Waals surface area (Å²) in [7, 11) is 0. The van der Waals surface area contributed by atoms with Crippen molar-refractivity contribution in [3.63, 3.8) is 0 Å². The molecule has 0 aliphatic carbocycles. The highest BCUT2D eigenvalue weighted by Gasteiger charge is 2.15. The van der Waals surface area contributed by atoms with Gasteiger partial charge in [-0.1, -0.05) is 30.1 Å². The Kier molecular flexibility index (Phi) is 6.23. The first kappa shape index (κ1) is 18.3. The lowest BCUT2D eigenvalue weighted by Crippen LogP contribution is -2.41. The van der Waals surface area contributed by atoms with E-state index in [-0.39, 0.29) is 17.4 Å². The molecule has 1 aromatic heterocycles. The SMILES string of the molecule is CCCNC(=O)NC(=O)COc1c(Cl)cc(Cl)c2ccc(C)nc12. The van der Waals surface area contributed by atoms with Gasteiger partial charge in [-0.25, -0.2) is 9.78 Å². The first-order valence-corrected chi connectivity index (χ1v) is 8.13. The van der Waals surface area contributed by atoms with Crippen molar-refractivity contribution in [1.29, 1.82) is 0 Å². The first-order valence-electron chi connectivity index (χ1n) is 7.38. The van der Waals surface area contributed by atoms with Crippen LogP contribution in [0.15, 0.2) is 18.2 Å². The minimum Gasteiger partial charge on any atom is -0.480 e. The third-order valence-electron chi connectivity index (χ3n) is 3.11. The highest BCUT2D eigenvalue weighted by atomic mass is 35.5. The number of hydrogen-bond acceptors (Lipinski definition) is 4. The number of carbonyl (C=O) groups excluding carboxylic acids is 2. The highest BCUT2D eigenvalue weighted by molar-refractivity contribution is 6.39. The fourth-order valence-electron chi connectivity index (χ4n) is 2.01. The van der Waals surface area contributed by atoms with E-state index < -0.39 is 11.9 Å². The number of halogens is 2. The fourth-order valence-corrected chi connectivity index (χ4v) is 2.58. The van der Waals surface area contributed by atoms with Gasteiger partial charge in [0.15, 0.2) is 12.4 Å². The maximum absolute atomic E-state index is 11.8. The number of amides is 3. The second kappa shape index (κ2) is 8.17. The Bertz CT molecular complexity index is 781. The van der Waals surface area contributed by atoms with Crippen LogP contribution in [0.25, 0.3) is 10.9 Å². The number of benzene rings is 1. The van der Waals surface area contributed by atoms with Crippen LogP contribution in [0.1, 0.15) is 19.0 Å². The fraction of sp³-hybridized carbons (Fsp3) is 0.312.